The third-order valence-electron chi connectivity index (χ3n) is 4.72. The molecule has 2 aromatic heterocycles. The Labute approximate surface area is 203 Å². The average molecular weight is 530 g/mol. The second-order valence-corrected chi connectivity index (χ2v) is 9.56. The van der Waals surface area contributed by atoms with Crippen molar-refractivity contribution in [2.45, 2.75) is 37.0 Å². The number of aromatic nitrogens is 3. The van der Waals surface area contributed by atoms with Crippen molar-refractivity contribution in [1.82, 2.24) is 19.5 Å². The van der Waals surface area contributed by atoms with E-state index < -0.39 is 51.6 Å². The first-order valence-corrected chi connectivity index (χ1v) is 11.8. The van der Waals surface area contributed by atoms with Crippen molar-refractivity contribution in [3.8, 4) is 0 Å². The average Bonchev–Trinajstić information content (AvgIpc) is 2.76. The number of aryl methyl sites for hydroxylation is 1. The highest BCUT2D eigenvalue weighted by atomic mass is 35.5. The van der Waals surface area contributed by atoms with E-state index >= 15 is 0 Å². The van der Waals surface area contributed by atoms with Crippen molar-refractivity contribution in [1.29, 1.82) is 0 Å². The lowest BCUT2D eigenvalue weighted by Crippen LogP contribution is -2.47. The topological polar surface area (TPSA) is 123 Å². The molecule has 35 heavy (non-hydrogen) atoms. The van der Waals surface area contributed by atoms with E-state index in [0.717, 1.165) is 16.8 Å². The number of nitrogens with zero attached hydrogens (tertiary/aromatic N) is 3. The second kappa shape index (κ2) is 10.5. The standard InChI is InChI=1S/C21H19ClF3N5O4S/c1-13-5-6-16(28-19(31)12-30-20(32)8-14(22)11-27-30)9-17(13)35(33,34)29-18(21(23,24)25)10-15-4-2-3-7-26-15/h2-9,11,18,29H,10,12H2,1H3,(H,28,31)/t18-/m0/s1. The summed E-state index contributed by atoms with van der Waals surface area (Å²) in [5.41, 5.74) is -0.419. The van der Waals surface area contributed by atoms with Gasteiger partial charge in [-0.2, -0.15) is 23.0 Å². The van der Waals surface area contributed by atoms with Gasteiger partial charge in [-0.15, -0.1) is 0 Å². The van der Waals surface area contributed by atoms with E-state index in [2.05, 4.69) is 15.4 Å². The largest absolute Gasteiger partial charge is 0.405 e. The number of hydrogen-bond donors (Lipinski definition) is 2. The number of hydrogen-bond acceptors (Lipinski definition) is 6. The van der Waals surface area contributed by atoms with Gasteiger partial charge in [0.1, 0.15) is 12.6 Å². The van der Waals surface area contributed by atoms with Crippen molar-refractivity contribution in [2.75, 3.05) is 5.32 Å². The molecule has 0 saturated carbocycles. The van der Waals surface area contributed by atoms with Gasteiger partial charge in [-0.1, -0.05) is 23.7 Å². The maximum Gasteiger partial charge on any atom is 0.405 e. The van der Waals surface area contributed by atoms with Crippen molar-refractivity contribution in [3.63, 3.8) is 0 Å². The molecule has 2 heterocycles. The molecule has 1 atom stereocenters. The molecule has 3 rings (SSSR count). The maximum absolute atomic E-state index is 13.6. The summed E-state index contributed by atoms with van der Waals surface area (Å²) < 4.78 is 69.2. The molecule has 1 aromatic carbocycles. The van der Waals surface area contributed by atoms with Crippen LogP contribution in [0.5, 0.6) is 0 Å². The molecule has 0 radical (unpaired) electrons. The number of carbonyl (C=O) groups excluding carboxylic acids is 1. The molecule has 0 saturated heterocycles. The van der Waals surface area contributed by atoms with Crippen LogP contribution in [-0.2, 0) is 27.8 Å². The Morgan fingerprint density at radius 2 is 1.94 bits per heavy atom. The van der Waals surface area contributed by atoms with E-state index in [1.807, 2.05) is 0 Å². The first kappa shape index (κ1) is 26.3. The fourth-order valence-corrected chi connectivity index (χ4v) is 4.67. The first-order chi connectivity index (χ1) is 16.3. The molecule has 3 aromatic rings. The molecule has 0 aliphatic heterocycles. The number of anilines is 1. The third kappa shape index (κ3) is 7.10. The Morgan fingerprint density at radius 1 is 1.20 bits per heavy atom. The van der Waals surface area contributed by atoms with Crippen molar-refractivity contribution in [2.24, 2.45) is 0 Å². The van der Waals surface area contributed by atoms with Crippen LogP contribution in [-0.4, -0.2) is 41.3 Å². The number of halogens is 4. The fourth-order valence-electron chi connectivity index (χ4n) is 3.04. The monoisotopic (exact) mass is 529 g/mol. The maximum atomic E-state index is 13.6. The van der Waals surface area contributed by atoms with Crippen LogP contribution in [0.1, 0.15) is 11.3 Å². The van der Waals surface area contributed by atoms with Gasteiger partial charge in [-0.25, -0.2) is 13.1 Å². The minimum Gasteiger partial charge on any atom is -0.324 e. The van der Waals surface area contributed by atoms with Gasteiger partial charge in [0.25, 0.3) is 5.56 Å². The molecule has 186 valence electrons. The van der Waals surface area contributed by atoms with Gasteiger partial charge in [0.15, 0.2) is 0 Å². The van der Waals surface area contributed by atoms with E-state index in [1.165, 1.54) is 49.6 Å². The Kier molecular flexibility index (Phi) is 7.93. The molecule has 9 nitrogen and oxygen atoms in total. The Hall–Kier alpha value is -3.29. The summed E-state index contributed by atoms with van der Waals surface area (Å²) in [6, 6.07) is 6.75. The second-order valence-electron chi connectivity index (χ2n) is 7.44. The Morgan fingerprint density at radius 3 is 2.57 bits per heavy atom. The van der Waals surface area contributed by atoms with E-state index in [1.54, 1.807) is 4.72 Å². The lowest BCUT2D eigenvalue weighted by molar-refractivity contribution is -0.151. The predicted molar refractivity (Wildman–Crippen MR) is 121 cm³/mol. The van der Waals surface area contributed by atoms with E-state index in [-0.39, 0.29) is 22.0 Å². The van der Waals surface area contributed by atoms with Gasteiger partial charge in [0, 0.05) is 30.1 Å². The number of pyridine rings is 1. The smallest absolute Gasteiger partial charge is 0.324 e. The van der Waals surface area contributed by atoms with Gasteiger partial charge in [-0.3, -0.25) is 14.6 Å². The number of alkyl halides is 3. The minimum atomic E-state index is -4.89. The molecule has 0 spiro atoms. The minimum absolute atomic E-state index is 0.00345. The molecule has 1 amide bonds. The van der Waals surface area contributed by atoms with Crippen molar-refractivity contribution >= 4 is 33.2 Å². The van der Waals surface area contributed by atoms with Crippen LogP contribution in [0.3, 0.4) is 0 Å². The number of benzene rings is 1. The highest BCUT2D eigenvalue weighted by molar-refractivity contribution is 7.89. The number of amides is 1. The van der Waals surface area contributed by atoms with Crippen LogP contribution in [0.15, 0.2) is 64.5 Å². The van der Waals surface area contributed by atoms with Crippen LogP contribution in [0.25, 0.3) is 0 Å². The summed E-state index contributed by atoms with van der Waals surface area (Å²) in [5, 5.41) is 6.20. The zero-order valence-electron chi connectivity index (χ0n) is 18.1. The molecule has 0 unspecified atom stereocenters. The summed E-state index contributed by atoms with van der Waals surface area (Å²) in [6.07, 6.45) is -3.12. The van der Waals surface area contributed by atoms with Crippen LogP contribution < -0.4 is 15.6 Å². The highest BCUT2D eigenvalue weighted by Crippen LogP contribution is 2.26. The van der Waals surface area contributed by atoms with E-state index in [9.17, 15) is 31.2 Å². The lowest BCUT2D eigenvalue weighted by Gasteiger charge is -2.22. The zero-order valence-corrected chi connectivity index (χ0v) is 19.7. The molecular weight excluding hydrogens is 511 g/mol. The number of carbonyl (C=O) groups is 1. The molecule has 0 aliphatic rings. The SMILES string of the molecule is Cc1ccc(NC(=O)Cn2ncc(Cl)cc2=O)cc1S(=O)(=O)N[C@@H](Cc1ccccn1)C(F)(F)F. The first-order valence-electron chi connectivity index (χ1n) is 9.97. The quantitative estimate of drug-likeness (QED) is 0.462. The molecule has 14 heteroatoms. The van der Waals surface area contributed by atoms with Gasteiger partial charge in [0.05, 0.1) is 16.1 Å². The van der Waals surface area contributed by atoms with Crippen LogP contribution >= 0.6 is 11.6 Å². The van der Waals surface area contributed by atoms with Crippen LogP contribution in [0, 0.1) is 6.92 Å². The number of sulfonamides is 1. The fraction of sp³-hybridized carbons (Fsp3) is 0.238. The third-order valence-corrected chi connectivity index (χ3v) is 6.54. The molecule has 0 aliphatic carbocycles. The van der Waals surface area contributed by atoms with E-state index in [4.69, 9.17) is 11.6 Å². The Bertz CT molecular complexity index is 1380. The molecule has 0 bridgehead atoms. The molecule has 0 fully saturated rings. The van der Waals surface area contributed by atoms with Crippen LogP contribution in [0.4, 0.5) is 18.9 Å². The highest BCUT2D eigenvalue weighted by Gasteiger charge is 2.42. The summed E-state index contributed by atoms with van der Waals surface area (Å²) >= 11 is 5.65. The number of rotatable bonds is 8. The number of nitrogens with one attached hydrogen (secondary N) is 2. The predicted octanol–water partition coefficient (Wildman–Crippen LogP) is 2.69. The summed E-state index contributed by atoms with van der Waals surface area (Å²) in [4.78, 5) is 27.5. The van der Waals surface area contributed by atoms with Gasteiger partial charge < -0.3 is 5.32 Å². The summed E-state index contributed by atoms with van der Waals surface area (Å²) in [6.45, 7) is 0.906. The Balaban J connectivity index is 1.81. The zero-order chi connectivity index (χ0) is 25.8. The molecule has 2 N–H and O–H groups in total. The summed E-state index contributed by atoms with van der Waals surface area (Å²) in [7, 11) is -4.65. The summed E-state index contributed by atoms with van der Waals surface area (Å²) in [5.74, 6) is -0.717. The normalized spacial score (nSPS) is 12.8. The van der Waals surface area contributed by atoms with E-state index in [0.29, 0.717) is 0 Å². The van der Waals surface area contributed by atoms with Crippen LogP contribution in [0.2, 0.25) is 5.02 Å². The van der Waals surface area contributed by atoms with Crippen molar-refractivity contribution in [3.05, 3.63) is 81.5 Å². The lowest BCUT2D eigenvalue weighted by atomic mass is 10.1. The van der Waals surface area contributed by atoms with Crippen molar-refractivity contribution < 1.29 is 26.4 Å². The molecular formula is C21H19ClF3N5O4S. The van der Waals surface area contributed by atoms with Gasteiger partial charge in [0.2, 0.25) is 15.9 Å². The van der Waals surface area contributed by atoms with Gasteiger partial charge in [-0.05, 0) is 36.8 Å². The van der Waals surface area contributed by atoms with Gasteiger partial charge >= 0.3 is 6.18 Å².